The maximum Gasteiger partial charge on any atom is 0.0226 e. The predicted molar refractivity (Wildman–Crippen MR) is 70.7 cm³/mol. The molecule has 92 valence electrons. The molecule has 16 heavy (non-hydrogen) atoms. The fourth-order valence-electron chi connectivity index (χ4n) is 1.41. The zero-order valence-corrected chi connectivity index (χ0v) is 13.7. The molecular formula is C15H23Ir. The molecule has 0 saturated carbocycles. The van der Waals surface area contributed by atoms with Crippen molar-refractivity contribution in [1.82, 2.24) is 0 Å². The summed E-state index contributed by atoms with van der Waals surface area (Å²) in [4.78, 5) is 0. The molecule has 0 heterocycles. The van der Waals surface area contributed by atoms with Crippen LogP contribution in [0.25, 0.3) is 0 Å². The Morgan fingerprint density at radius 3 is 1.19 bits per heavy atom. The van der Waals surface area contributed by atoms with Gasteiger partial charge >= 0.3 is 0 Å². The second-order valence-corrected chi connectivity index (χ2v) is 4.18. The number of hydrogen-bond donors (Lipinski definition) is 0. The van der Waals surface area contributed by atoms with Crippen LogP contribution in [-0.4, -0.2) is 0 Å². The number of allylic oxidation sites excluding steroid dienone is 6. The molecule has 1 heteroatoms. The molecule has 1 rings (SSSR count). The Morgan fingerprint density at radius 1 is 0.875 bits per heavy atom. The van der Waals surface area contributed by atoms with Crippen molar-refractivity contribution in [3.8, 4) is 0 Å². The van der Waals surface area contributed by atoms with Crippen molar-refractivity contribution in [3.63, 3.8) is 0 Å². The summed E-state index contributed by atoms with van der Waals surface area (Å²) in [5.74, 6) is 1.47. The van der Waals surface area contributed by atoms with Gasteiger partial charge in [-0.25, -0.2) is 0 Å². The second kappa shape index (κ2) is 7.81. The van der Waals surface area contributed by atoms with E-state index in [0.717, 1.165) is 5.57 Å². The van der Waals surface area contributed by atoms with Crippen LogP contribution in [0.5, 0.6) is 0 Å². The minimum Gasteiger partial charge on any atom is -0.0988 e. The summed E-state index contributed by atoms with van der Waals surface area (Å²) < 4.78 is 0. The van der Waals surface area contributed by atoms with Gasteiger partial charge < -0.3 is 0 Å². The Bertz CT molecular complexity index is 305. The van der Waals surface area contributed by atoms with E-state index in [1.165, 1.54) is 28.2 Å². The zero-order valence-electron chi connectivity index (χ0n) is 11.3. The molecule has 0 spiro atoms. The van der Waals surface area contributed by atoms with Gasteiger partial charge in [-0.1, -0.05) is 42.9 Å². The summed E-state index contributed by atoms with van der Waals surface area (Å²) in [5.41, 5.74) is 6.89. The van der Waals surface area contributed by atoms with Crippen LogP contribution in [0, 0.1) is 5.92 Å². The van der Waals surface area contributed by atoms with Crippen molar-refractivity contribution in [2.75, 3.05) is 0 Å². The first-order valence-corrected chi connectivity index (χ1v) is 5.30. The zero-order chi connectivity index (χ0) is 12.2. The van der Waals surface area contributed by atoms with Gasteiger partial charge in [0.1, 0.15) is 0 Å². The third-order valence-electron chi connectivity index (χ3n) is 3.16. The van der Waals surface area contributed by atoms with Crippen LogP contribution in [0.15, 0.2) is 47.1 Å². The molecule has 0 amide bonds. The summed E-state index contributed by atoms with van der Waals surface area (Å²) in [6, 6.07) is 0. The maximum absolute atomic E-state index is 3.56. The average molecular weight is 396 g/mol. The van der Waals surface area contributed by atoms with Gasteiger partial charge in [0.15, 0.2) is 0 Å². The topological polar surface area (TPSA) is 0 Å². The van der Waals surface area contributed by atoms with Crippen molar-refractivity contribution in [3.05, 3.63) is 53.0 Å². The summed E-state index contributed by atoms with van der Waals surface area (Å²) in [6.07, 6.45) is 1.72. The summed E-state index contributed by atoms with van der Waals surface area (Å²) in [7, 11) is 0. The Balaban J connectivity index is 0. The third kappa shape index (κ3) is 4.63. The largest absolute Gasteiger partial charge is 0.0988 e. The van der Waals surface area contributed by atoms with Gasteiger partial charge in [0.05, 0.1) is 0 Å². The van der Waals surface area contributed by atoms with Crippen LogP contribution in [0.4, 0.5) is 0 Å². The van der Waals surface area contributed by atoms with E-state index in [1.54, 1.807) is 6.08 Å². The molecule has 0 aromatic heterocycles. The van der Waals surface area contributed by atoms with Crippen molar-refractivity contribution in [2.24, 2.45) is 0 Å². The summed E-state index contributed by atoms with van der Waals surface area (Å²) in [6.45, 7) is 19.9. The maximum atomic E-state index is 3.56. The molecule has 2 radical (unpaired) electrons. The third-order valence-corrected chi connectivity index (χ3v) is 3.16. The van der Waals surface area contributed by atoms with Gasteiger partial charge in [0.25, 0.3) is 0 Å². The van der Waals surface area contributed by atoms with Crippen LogP contribution in [0.1, 0.15) is 41.5 Å². The van der Waals surface area contributed by atoms with Gasteiger partial charge in [0, 0.05) is 26.0 Å². The van der Waals surface area contributed by atoms with E-state index in [9.17, 15) is 0 Å². The van der Waals surface area contributed by atoms with Crippen LogP contribution in [-0.2, 0) is 20.1 Å². The Morgan fingerprint density at radius 2 is 1.12 bits per heavy atom. The molecule has 0 aromatic rings. The quantitative estimate of drug-likeness (QED) is 0.547. The Labute approximate surface area is 115 Å². The minimum absolute atomic E-state index is 0. The molecular weight excluding hydrogens is 372 g/mol. The predicted octanol–water partition coefficient (Wildman–Crippen LogP) is 5.01. The normalized spacial score (nSPS) is 15.4. The van der Waals surface area contributed by atoms with E-state index in [1.807, 2.05) is 6.92 Å². The Kier molecular flexibility index (Phi) is 8.78. The fraction of sp³-hybridized carbons (Fsp3) is 0.400. The summed E-state index contributed by atoms with van der Waals surface area (Å²) in [5, 5.41) is 0. The van der Waals surface area contributed by atoms with Crippen LogP contribution >= 0.6 is 0 Å². The molecule has 0 N–H and O–H groups in total. The van der Waals surface area contributed by atoms with Crippen molar-refractivity contribution in [2.45, 2.75) is 41.5 Å². The van der Waals surface area contributed by atoms with Gasteiger partial charge in [-0.2, -0.15) is 0 Å². The van der Waals surface area contributed by atoms with Gasteiger partial charge in [-0.15, -0.1) is 0 Å². The van der Waals surface area contributed by atoms with Gasteiger partial charge in [0.2, 0.25) is 0 Å². The first kappa shape index (κ1) is 18.0. The molecule has 0 nitrogen and oxygen atoms in total. The van der Waals surface area contributed by atoms with Crippen molar-refractivity contribution < 1.29 is 20.1 Å². The monoisotopic (exact) mass is 396 g/mol. The average Bonchev–Trinajstić information content (AvgIpc) is 2.37. The standard InChI is InChI=1S/C10H15.C5H8.Ir/c1-6-7(2)9(4)10(5)8(6)3;1-4-5(2)3;/h1-5H3;4H,1-2H2,3H3;. The smallest absolute Gasteiger partial charge is 0.0226 e. The molecule has 0 unspecified atom stereocenters. The molecule has 0 aromatic carbocycles. The number of rotatable bonds is 1. The second-order valence-electron chi connectivity index (χ2n) is 4.18. The molecule has 0 atom stereocenters. The van der Waals surface area contributed by atoms with Crippen LogP contribution in [0.2, 0.25) is 0 Å². The van der Waals surface area contributed by atoms with Crippen LogP contribution < -0.4 is 0 Å². The van der Waals surface area contributed by atoms with Crippen molar-refractivity contribution >= 4 is 0 Å². The minimum atomic E-state index is 0. The SMILES string of the molecule is C=CC(=C)C.C[C]1C(C)=C(C)C(C)=C1C.[Ir]. The first-order chi connectivity index (χ1) is 6.82. The van der Waals surface area contributed by atoms with E-state index in [2.05, 4.69) is 47.8 Å². The first-order valence-electron chi connectivity index (χ1n) is 5.30. The fourth-order valence-corrected chi connectivity index (χ4v) is 1.41. The number of hydrogen-bond acceptors (Lipinski definition) is 0. The molecule has 1 aliphatic rings. The molecule has 0 fully saturated rings. The van der Waals surface area contributed by atoms with E-state index in [0.29, 0.717) is 0 Å². The van der Waals surface area contributed by atoms with Crippen LogP contribution in [0.3, 0.4) is 0 Å². The van der Waals surface area contributed by atoms with E-state index in [4.69, 9.17) is 0 Å². The molecule has 1 aliphatic carbocycles. The molecule has 0 aliphatic heterocycles. The molecule has 0 saturated heterocycles. The Hall–Kier alpha value is -0.391. The van der Waals surface area contributed by atoms with E-state index < -0.39 is 0 Å². The molecule has 0 bridgehead atoms. The van der Waals surface area contributed by atoms with Gasteiger partial charge in [-0.05, 0) is 45.8 Å². The van der Waals surface area contributed by atoms with E-state index in [-0.39, 0.29) is 20.1 Å². The summed E-state index contributed by atoms with van der Waals surface area (Å²) >= 11 is 0. The van der Waals surface area contributed by atoms with Gasteiger partial charge in [-0.3, -0.25) is 0 Å². The van der Waals surface area contributed by atoms with E-state index >= 15 is 0 Å². The van der Waals surface area contributed by atoms with Crippen molar-refractivity contribution in [1.29, 1.82) is 0 Å².